The number of amides is 2. The van der Waals surface area contributed by atoms with Crippen LogP contribution >= 0.6 is 0 Å². The average Bonchev–Trinajstić information content (AvgIpc) is 3.69. The zero-order valence-electron chi connectivity index (χ0n) is 31.4. The lowest BCUT2D eigenvalue weighted by Gasteiger charge is -2.43. The van der Waals surface area contributed by atoms with Crippen molar-refractivity contribution >= 4 is 40.9 Å². The Morgan fingerprint density at radius 2 is 1.68 bits per heavy atom. The van der Waals surface area contributed by atoms with Crippen LogP contribution in [0.5, 0.6) is 5.75 Å². The second-order valence-corrected chi connectivity index (χ2v) is 12.8. The Labute approximate surface area is 311 Å². The van der Waals surface area contributed by atoms with Crippen LogP contribution in [0.1, 0.15) is 49.4 Å². The summed E-state index contributed by atoms with van der Waals surface area (Å²) in [5.41, 5.74) is 1.73. The van der Waals surface area contributed by atoms with Gasteiger partial charge >= 0.3 is 5.97 Å². The lowest BCUT2D eigenvalue weighted by Crippen LogP contribution is -2.55. The van der Waals surface area contributed by atoms with Gasteiger partial charge in [-0.3, -0.25) is 9.59 Å². The molecule has 0 bridgehead atoms. The number of nitrogens with one attached hydrogen (secondary N) is 2. The van der Waals surface area contributed by atoms with E-state index in [0.29, 0.717) is 108 Å². The molecule has 1 fully saturated rings. The Morgan fingerprint density at radius 3 is 2.32 bits per heavy atom. The minimum atomic E-state index is -0.954. The fourth-order valence-corrected chi connectivity index (χ4v) is 6.25. The van der Waals surface area contributed by atoms with Crippen LogP contribution in [0, 0.1) is 0 Å². The number of carboxylic acid groups (broad SMARTS) is 1. The number of anilines is 4. The summed E-state index contributed by atoms with van der Waals surface area (Å²) in [4.78, 5) is 51.8. The summed E-state index contributed by atoms with van der Waals surface area (Å²) >= 11 is 0. The summed E-state index contributed by atoms with van der Waals surface area (Å²) in [7, 11) is 5.21. The molecule has 0 spiro atoms. The van der Waals surface area contributed by atoms with Gasteiger partial charge in [-0.15, -0.1) is 0 Å². The molecular formula is C37H55N7O9. The van der Waals surface area contributed by atoms with Crippen LogP contribution in [-0.4, -0.2) is 144 Å². The highest BCUT2D eigenvalue weighted by Crippen LogP contribution is 2.40. The number of carboxylic acids is 1. The van der Waals surface area contributed by atoms with Crippen LogP contribution in [0.25, 0.3) is 0 Å². The van der Waals surface area contributed by atoms with Gasteiger partial charge in [0.15, 0.2) is 5.82 Å². The first-order chi connectivity index (χ1) is 25.7. The van der Waals surface area contributed by atoms with Gasteiger partial charge in [0.2, 0.25) is 11.9 Å². The first kappa shape index (κ1) is 41.4. The zero-order valence-corrected chi connectivity index (χ0v) is 31.4. The van der Waals surface area contributed by atoms with Crippen molar-refractivity contribution in [2.45, 2.75) is 51.1 Å². The summed E-state index contributed by atoms with van der Waals surface area (Å²) in [6, 6.07) is 5.12. The molecule has 1 aliphatic carbocycles. The van der Waals surface area contributed by atoms with Crippen molar-refractivity contribution < 1.29 is 43.2 Å². The van der Waals surface area contributed by atoms with Crippen molar-refractivity contribution in [2.24, 2.45) is 0 Å². The predicted octanol–water partition coefficient (Wildman–Crippen LogP) is 3.10. The smallest absolute Gasteiger partial charge is 0.328 e. The Morgan fingerprint density at radius 1 is 1.02 bits per heavy atom. The Balaban J connectivity index is 1.11. The molecule has 1 aromatic carbocycles. The molecule has 1 aromatic heterocycles. The first-order valence-corrected chi connectivity index (χ1v) is 18.3. The largest absolute Gasteiger partial charge is 0.495 e. The topological polar surface area (TPSA) is 177 Å². The van der Waals surface area contributed by atoms with Gasteiger partial charge in [0, 0.05) is 44.4 Å². The van der Waals surface area contributed by atoms with E-state index in [-0.39, 0.29) is 23.9 Å². The third-order valence-electron chi connectivity index (χ3n) is 9.07. The lowest BCUT2D eigenvalue weighted by molar-refractivity contribution is -0.131. The SMILES string of the molecule is CC[C@@H]1C(=O)N(C)c2cnc(Nc3ccc(C(=O)NCCOCCOCCOCCOCCN(C)C/C=C/C(=O)O)cc3OC)nc2N1C1CCCC1. The van der Waals surface area contributed by atoms with E-state index in [0.717, 1.165) is 37.6 Å². The molecule has 16 heteroatoms. The van der Waals surface area contributed by atoms with Crippen molar-refractivity contribution in [2.75, 3.05) is 109 Å². The normalized spacial score (nSPS) is 16.1. The molecule has 2 heterocycles. The predicted molar refractivity (Wildman–Crippen MR) is 200 cm³/mol. The van der Waals surface area contributed by atoms with E-state index in [1.165, 1.54) is 7.11 Å². The minimum Gasteiger partial charge on any atom is -0.495 e. The Bertz CT molecular complexity index is 1510. The number of nitrogens with zero attached hydrogens (tertiary/aromatic N) is 5. The maximum atomic E-state index is 13.2. The number of methoxy groups -OCH3 is 1. The van der Waals surface area contributed by atoms with Gasteiger partial charge in [-0.25, -0.2) is 9.78 Å². The number of carbonyl (C=O) groups excluding carboxylic acids is 2. The van der Waals surface area contributed by atoms with Crippen molar-refractivity contribution in [3.8, 4) is 5.75 Å². The summed E-state index contributed by atoms with van der Waals surface area (Å²) < 4.78 is 27.7. The van der Waals surface area contributed by atoms with Crippen LogP contribution in [0.3, 0.4) is 0 Å². The first-order valence-electron chi connectivity index (χ1n) is 18.3. The second-order valence-electron chi connectivity index (χ2n) is 12.8. The molecule has 16 nitrogen and oxygen atoms in total. The van der Waals surface area contributed by atoms with Crippen LogP contribution in [0.4, 0.5) is 23.1 Å². The molecule has 4 rings (SSSR count). The number of hydrogen-bond acceptors (Lipinski definition) is 13. The molecule has 2 aromatic rings. The molecule has 0 saturated heterocycles. The molecule has 1 atom stereocenters. The highest BCUT2D eigenvalue weighted by molar-refractivity contribution is 6.04. The van der Waals surface area contributed by atoms with E-state index in [1.807, 2.05) is 18.9 Å². The van der Waals surface area contributed by atoms with Crippen molar-refractivity contribution in [1.29, 1.82) is 0 Å². The molecule has 292 valence electrons. The fourth-order valence-electron chi connectivity index (χ4n) is 6.25. The van der Waals surface area contributed by atoms with Crippen LogP contribution in [0.2, 0.25) is 0 Å². The quantitative estimate of drug-likeness (QED) is 0.106. The minimum absolute atomic E-state index is 0.0629. The molecule has 1 saturated carbocycles. The van der Waals surface area contributed by atoms with Gasteiger partial charge < -0.3 is 54.1 Å². The third-order valence-corrected chi connectivity index (χ3v) is 9.07. The number of rotatable bonds is 24. The van der Waals surface area contributed by atoms with E-state index >= 15 is 0 Å². The summed E-state index contributed by atoms with van der Waals surface area (Å²) in [5, 5.41) is 14.7. The van der Waals surface area contributed by atoms with Gasteiger partial charge in [0.25, 0.3) is 5.91 Å². The molecule has 1 aliphatic heterocycles. The Hall–Kier alpha value is -4.35. The molecule has 0 unspecified atom stereocenters. The summed E-state index contributed by atoms with van der Waals surface area (Å²) in [6.07, 6.45) is 9.45. The second kappa shape index (κ2) is 22.0. The van der Waals surface area contributed by atoms with E-state index in [4.69, 9.17) is 33.8 Å². The maximum absolute atomic E-state index is 13.2. The van der Waals surface area contributed by atoms with Crippen LogP contribution in [-0.2, 0) is 28.5 Å². The number of benzene rings is 1. The van der Waals surface area contributed by atoms with E-state index in [1.54, 1.807) is 42.4 Å². The van der Waals surface area contributed by atoms with Gasteiger partial charge in [0.1, 0.15) is 17.5 Å². The maximum Gasteiger partial charge on any atom is 0.328 e. The monoisotopic (exact) mass is 741 g/mol. The number of ether oxygens (including phenoxy) is 5. The number of carbonyl (C=O) groups is 3. The van der Waals surface area contributed by atoms with E-state index in [9.17, 15) is 14.4 Å². The molecular weight excluding hydrogens is 686 g/mol. The highest BCUT2D eigenvalue weighted by atomic mass is 16.6. The molecule has 53 heavy (non-hydrogen) atoms. The van der Waals surface area contributed by atoms with Gasteiger partial charge in [-0.2, -0.15) is 4.98 Å². The number of likely N-dealkylation sites (N-methyl/N-ethyl adjacent to an activating group) is 2. The van der Waals surface area contributed by atoms with Gasteiger partial charge in [-0.1, -0.05) is 25.8 Å². The number of aliphatic carboxylic acids is 1. The lowest BCUT2D eigenvalue weighted by atomic mass is 10.0. The van der Waals surface area contributed by atoms with E-state index in [2.05, 4.69) is 20.5 Å². The van der Waals surface area contributed by atoms with Gasteiger partial charge in [0.05, 0.1) is 71.8 Å². The summed E-state index contributed by atoms with van der Waals surface area (Å²) in [6.45, 7) is 7.04. The van der Waals surface area contributed by atoms with Gasteiger partial charge in [-0.05, 0) is 44.5 Å². The van der Waals surface area contributed by atoms with Crippen molar-refractivity contribution in [3.63, 3.8) is 0 Å². The van der Waals surface area contributed by atoms with Crippen molar-refractivity contribution in [3.05, 3.63) is 42.1 Å². The Kier molecular flexibility index (Phi) is 17.2. The molecule has 2 aliphatic rings. The van der Waals surface area contributed by atoms with Crippen LogP contribution < -0.4 is 25.2 Å². The molecule has 0 radical (unpaired) electrons. The number of fused-ring (bicyclic) bond motifs is 1. The third kappa shape index (κ3) is 12.6. The van der Waals surface area contributed by atoms with Crippen LogP contribution in [0.15, 0.2) is 36.5 Å². The molecule has 2 amide bonds. The number of hydrogen-bond donors (Lipinski definition) is 3. The highest BCUT2D eigenvalue weighted by Gasteiger charge is 2.41. The average molecular weight is 742 g/mol. The zero-order chi connectivity index (χ0) is 38.0. The summed E-state index contributed by atoms with van der Waals surface area (Å²) in [5.74, 6) is 0.439. The van der Waals surface area contributed by atoms with Crippen molar-refractivity contribution in [1.82, 2.24) is 20.2 Å². The standard InChI is InChI=1S/C37H55N7O9/c1-5-30-36(48)43(3)31-26-39-37(41-34(31)44(30)28-9-6-7-10-28)40-29-13-12-27(25-32(29)49-4)35(47)38-14-17-50-19-21-52-23-24-53-22-20-51-18-16-42(2)15-8-11-33(45)46/h8,11-13,25-26,28,30H,5-7,9-10,14-24H2,1-4H3,(H,38,47)(H,45,46)(H,39,40,41)/b11-8+/t30-/m1/s1. The molecule has 3 N–H and O–H groups in total. The fraction of sp³-hybridized carbons (Fsp3) is 0.595. The number of aromatic nitrogens is 2. The van der Waals surface area contributed by atoms with E-state index < -0.39 is 5.97 Å².